The summed E-state index contributed by atoms with van der Waals surface area (Å²) in [7, 11) is 5.17. The summed E-state index contributed by atoms with van der Waals surface area (Å²) in [5.74, 6) is -0.249. The first-order valence-corrected chi connectivity index (χ1v) is 6.47. The summed E-state index contributed by atoms with van der Waals surface area (Å²) in [5, 5.41) is 0.674. The maximum Gasteiger partial charge on any atom is 0.258 e. The Kier molecular flexibility index (Phi) is 3.02. The van der Waals surface area contributed by atoms with Crippen LogP contribution in [0.1, 0.15) is 20.8 Å². The minimum atomic E-state index is -0.249. The van der Waals surface area contributed by atoms with Crippen LogP contribution in [0.5, 0.6) is 0 Å². The summed E-state index contributed by atoms with van der Waals surface area (Å²) >= 11 is 1.59. The Labute approximate surface area is 109 Å². The van der Waals surface area contributed by atoms with Crippen LogP contribution in [0.2, 0.25) is 0 Å². The van der Waals surface area contributed by atoms with Crippen molar-refractivity contribution in [2.45, 2.75) is 13.8 Å². The topological polar surface area (TPSA) is 42.3 Å². The molecule has 18 heavy (non-hydrogen) atoms. The summed E-state index contributed by atoms with van der Waals surface area (Å²) < 4.78 is 1.86. The molecule has 5 heteroatoms. The van der Waals surface area contributed by atoms with E-state index in [0.717, 1.165) is 15.3 Å². The van der Waals surface area contributed by atoms with E-state index in [4.69, 9.17) is 0 Å². The second-order valence-electron chi connectivity index (χ2n) is 4.65. The van der Waals surface area contributed by atoms with Crippen LogP contribution in [0.25, 0.3) is 10.2 Å². The smallest absolute Gasteiger partial charge is 0.258 e. The molecular weight excluding hydrogens is 248 g/mol. The van der Waals surface area contributed by atoms with Crippen LogP contribution in [-0.4, -0.2) is 29.5 Å². The van der Waals surface area contributed by atoms with Crippen molar-refractivity contribution in [3.63, 3.8) is 0 Å². The van der Waals surface area contributed by atoms with Crippen molar-refractivity contribution in [3.8, 4) is 0 Å². The number of rotatable bonds is 1. The quantitative estimate of drug-likeness (QED) is 0.789. The highest BCUT2D eigenvalue weighted by Gasteiger charge is 2.19. The van der Waals surface area contributed by atoms with Crippen LogP contribution in [-0.2, 0) is 7.05 Å². The van der Waals surface area contributed by atoms with E-state index < -0.39 is 0 Å². The first kappa shape index (κ1) is 12.8. The van der Waals surface area contributed by atoms with Crippen LogP contribution in [0.3, 0.4) is 0 Å². The maximum atomic E-state index is 12.4. The van der Waals surface area contributed by atoms with Gasteiger partial charge < -0.3 is 9.47 Å². The van der Waals surface area contributed by atoms with Gasteiger partial charge in [0, 0.05) is 32.2 Å². The van der Waals surface area contributed by atoms with E-state index in [1.54, 1.807) is 31.6 Å². The van der Waals surface area contributed by atoms with Gasteiger partial charge in [-0.2, -0.15) is 0 Å². The molecule has 0 bridgehead atoms. The fraction of sp³-hybridized carbons (Fsp3) is 0.385. The fourth-order valence-corrected chi connectivity index (χ4v) is 3.05. The van der Waals surface area contributed by atoms with Gasteiger partial charge in [0.05, 0.1) is 5.39 Å². The molecule has 96 valence electrons. The summed E-state index contributed by atoms with van der Waals surface area (Å²) in [4.78, 5) is 27.9. The van der Waals surface area contributed by atoms with Gasteiger partial charge in [-0.15, -0.1) is 11.3 Å². The van der Waals surface area contributed by atoms with Gasteiger partial charge in [0.2, 0.25) is 5.43 Å². The molecule has 0 atom stereocenters. The molecule has 0 unspecified atom stereocenters. The molecule has 0 saturated heterocycles. The predicted molar refractivity (Wildman–Crippen MR) is 74.6 cm³/mol. The van der Waals surface area contributed by atoms with Gasteiger partial charge in [0.25, 0.3) is 5.91 Å². The standard InChI is InChI=1S/C13H16N2O2S/c1-7-8(2)18-13-10(7)11(16)9(6-15(13)5)12(17)14(3)4/h6H,1-5H3. The summed E-state index contributed by atoms with van der Waals surface area (Å²) in [5.41, 5.74) is 1.04. The second-order valence-corrected chi connectivity index (χ2v) is 5.85. The van der Waals surface area contributed by atoms with Gasteiger partial charge in [-0.25, -0.2) is 0 Å². The zero-order valence-electron chi connectivity index (χ0n) is 11.2. The molecule has 0 aliphatic carbocycles. The lowest BCUT2D eigenvalue weighted by Gasteiger charge is -2.11. The number of aryl methyl sites for hydroxylation is 3. The first-order valence-electron chi connectivity index (χ1n) is 5.65. The molecule has 0 aliphatic rings. The number of aromatic nitrogens is 1. The monoisotopic (exact) mass is 264 g/mol. The molecule has 0 aromatic carbocycles. The van der Waals surface area contributed by atoms with Crippen molar-refractivity contribution in [1.29, 1.82) is 0 Å². The van der Waals surface area contributed by atoms with Crippen molar-refractivity contribution in [3.05, 3.63) is 32.4 Å². The van der Waals surface area contributed by atoms with Crippen LogP contribution >= 0.6 is 11.3 Å². The normalized spacial score (nSPS) is 10.9. The number of carbonyl (C=O) groups excluding carboxylic acids is 1. The number of hydrogen-bond donors (Lipinski definition) is 0. The SMILES string of the molecule is Cc1sc2c(c1C)c(=O)c(C(=O)N(C)C)cn2C. The van der Waals surface area contributed by atoms with E-state index in [0.29, 0.717) is 5.39 Å². The number of carbonyl (C=O) groups is 1. The molecule has 0 fully saturated rings. The van der Waals surface area contributed by atoms with Crippen LogP contribution in [0, 0.1) is 13.8 Å². The van der Waals surface area contributed by atoms with Gasteiger partial charge in [-0.1, -0.05) is 0 Å². The average molecular weight is 264 g/mol. The van der Waals surface area contributed by atoms with Crippen molar-refractivity contribution in [2.75, 3.05) is 14.1 Å². The van der Waals surface area contributed by atoms with E-state index >= 15 is 0 Å². The third-order valence-corrected chi connectivity index (χ3v) is 4.42. The molecule has 2 aromatic rings. The lowest BCUT2D eigenvalue weighted by atomic mass is 10.1. The van der Waals surface area contributed by atoms with Crippen LogP contribution < -0.4 is 5.43 Å². The number of nitrogens with zero attached hydrogens (tertiary/aromatic N) is 2. The lowest BCUT2D eigenvalue weighted by molar-refractivity contribution is 0.0826. The maximum absolute atomic E-state index is 12.4. The molecule has 2 rings (SSSR count). The number of pyridine rings is 1. The Hall–Kier alpha value is -1.62. The first-order chi connectivity index (χ1) is 8.34. The van der Waals surface area contributed by atoms with Gasteiger partial charge in [-0.3, -0.25) is 9.59 Å². The lowest BCUT2D eigenvalue weighted by Crippen LogP contribution is -2.28. The highest BCUT2D eigenvalue weighted by atomic mass is 32.1. The van der Waals surface area contributed by atoms with Gasteiger partial charge in [0.1, 0.15) is 10.4 Å². The molecule has 2 aromatic heterocycles. The number of thiophene rings is 1. The summed E-state index contributed by atoms with van der Waals surface area (Å²) in [6.07, 6.45) is 1.63. The van der Waals surface area contributed by atoms with Crippen LogP contribution in [0.4, 0.5) is 0 Å². The zero-order chi connectivity index (χ0) is 13.6. The minimum Gasteiger partial charge on any atom is -0.345 e. The Balaban J connectivity index is 2.88. The molecule has 2 heterocycles. The Bertz CT molecular complexity index is 695. The predicted octanol–water partition coefficient (Wildman–Crippen LogP) is 1.92. The highest BCUT2D eigenvalue weighted by molar-refractivity contribution is 7.18. The second kappa shape index (κ2) is 4.24. The van der Waals surface area contributed by atoms with Crippen molar-refractivity contribution in [2.24, 2.45) is 7.05 Å². The van der Waals surface area contributed by atoms with Crippen LogP contribution in [0.15, 0.2) is 11.0 Å². The molecule has 0 radical (unpaired) electrons. The van der Waals surface area contributed by atoms with Crippen molar-refractivity contribution >= 4 is 27.5 Å². The number of fused-ring (bicyclic) bond motifs is 1. The number of hydrogen-bond acceptors (Lipinski definition) is 3. The molecule has 0 aliphatic heterocycles. The third-order valence-electron chi connectivity index (χ3n) is 3.12. The largest absolute Gasteiger partial charge is 0.345 e. The van der Waals surface area contributed by atoms with Crippen molar-refractivity contribution in [1.82, 2.24) is 9.47 Å². The Morgan fingerprint density at radius 1 is 1.33 bits per heavy atom. The average Bonchev–Trinajstić information content (AvgIpc) is 2.60. The third kappa shape index (κ3) is 1.75. The van der Waals surface area contributed by atoms with E-state index in [-0.39, 0.29) is 16.9 Å². The van der Waals surface area contributed by atoms with Gasteiger partial charge in [0.15, 0.2) is 0 Å². The van der Waals surface area contributed by atoms with E-state index in [1.807, 2.05) is 25.5 Å². The number of amides is 1. The van der Waals surface area contributed by atoms with Crippen molar-refractivity contribution < 1.29 is 4.79 Å². The Morgan fingerprint density at radius 2 is 1.94 bits per heavy atom. The summed E-state index contributed by atoms with van der Waals surface area (Å²) in [6, 6.07) is 0. The zero-order valence-corrected chi connectivity index (χ0v) is 12.0. The van der Waals surface area contributed by atoms with E-state index in [1.165, 1.54) is 4.90 Å². The van der Waals surface area contributed by atoms with E-state index in [9.17, 15) is 9.59 Å². The van der Waals surface area contributed by atoms with E-state index in [2.05, 4.69) is 0 Å². The Morgan fingerprint density at radius 3 is 2.50 bits per heavy atom. The molecule has 0 spiro atoms. The minimum absolute atomic E-state index is 0.163. The highest BCUT2D eigenvalue weighted by Crippen LogP contribution is 2.27. The molecule has 0 saturated carbocycles. The molecule has 0 N–H and O–H groups in total. The fourth-order valence-electron chi connectivity index (χ4n) is 1.96. The van der Waals surface area contributed by atoms with Gasteiger partial charge >= 0.3 is 0 Å². The molecule has 1 amide bonds. The molecule has 4 nitrogen and oxygen atoms in total. The summed E-state index contributed by atoms with van der Waals surface area (Å²) in [6.45, 7) is 3.92. The molecular formula is C13H16N2O2S. The van der Waals surface area contributed by atoms with Gasteiger partial charge in [-0.05, 0) is 19.4 Å².